The predicted molar refractivity (Wildman–Crippen MR) is 264 cm³/mol. The maximum absolute atomic E-state index is 6.65. The Hall–Kier alpha value is -7.92. The molecule has 3 heterocycles. The van der Waals surface area contributed by atoms with Gasteiger partial charge >= 0.3 is 0 Å². The first kappa shape index (κ1) is 34.9. The van der Waals surface area contributed by atoms with Gasteiger partial charge < -0.3 is 13.9 Å². The minimum atomic E-state index is 0.886. The summed E-state index contributed by atoms with van der Waals surface area (Å²) in [6, 6.07) is 79.2. The molecule has 3 aromatic heterocycles. The monoisotopic (exact) mass is 808 g/mol. The van der Waals surface area contributed by atoms with E-state index in [0.29, 0.717) is 0 Å². The molecule has 3 nitrogen and oxygen atoms in total. The second-order valence-electron chi connectivity index (χ2n) is 16.0. The topological polar surface area (TPSA) is 21.3 Å². The van der Waals surface area contributed by atoms with Crippen LogP contribution in [0.1, 0.15) is 0 Å². The van der Waals surface area contributed by atoms with Crippen molar-refractivity contribution in [2.24, 2.45) is 0 Å². The van der Waals surface area contributed by atoms with E-state index in [1.807, 2.05) is 11.3 Å². The second-order valence-corrected chi connectivity index (χ2v) is 17.1. The van der Waals surface area contributed by atoms with Crippen molar-refractivity contribution in [2.75, 3.05) is 4.90 Å². The molecule has 13 rings (SSSR count). The van der Waals surface area contributed by atoms with Crippen molar-refractivity contribution >= 4 is 103 Å². The van der Waals surface area contributed by atoms with Crippen LogP contribution in [0.4, 0.5) is 17.1 Å². The summed E-state index contributed by atoms with van der Waals surface area (Å²) in [7, 11) is 0. The standard InChI is InChI=1S/C58H36N2OS/c1-2-17-43-37(14-1)32-35-49-56-42(21-13-28-54(56)61-57(43)49)39-15-11-16-41(36-39)59(40-33-30-38(31-34-40)44-22-12-23-48-47-20-5-10-29-55(47)62-58(44)48)52-26-8-9-27-53(52)60-50-24-6-3-18-45(50)46-19-4-7-25-51(46)60/h1-36H. The summed E-state index contributed by atoms with van der Waals surface area (Å²) >= 11 is 1.87. The quantitative estimate of drug-likeness (QED) is 0.167. The third-order valence-corrected chi connectivity index (χ3v) is 13.8. The first-order valence-corrected chi connectivity index (χ1v) is 21.9. The highest BCUT2D eigenvalue weighted by atomic mass is 32.1. The van der Waals surface area contributed by atoms with Crippen LogP contribution < -0.4 is 4.90 Å². The van der Waals surface area contributed by atoms with Gasteiger partial charge in [0.2, 0.25) is 0 Å². The van der Waals surface area contributed by atoms with Crippen molar-refractivity contribution in [2.45, 2.75) is 0 Å². The summed E-state index contributed by atoms with van der Waals surface area (Å²) in [5.41, 5.74) is 13.2. The van der Waals surface area contributed by atoms with Crippen LogP contribution in [0.3, 0.4) is 0 Å². The number of furan rings is 1. The lowest BCUT2D eigenvalue weighted by atomic mass is 9.97. The average molecular weight is 809 g/mol. The minimum Gasteiger partial charge on any atom is -0.455 e. The van der Waals surface area contributed by atoms with Crippen molar-refractivity contribution in [1.82, 2.24) is 4.57 Å². The Kier molecular flexibility index (Phi) is 7.78. The zero-order valence-electron chi connectivity index (χ0n) is 33.5. The first-order valence-electron chi connectivity index (χ1n) is 21.1. The predicted octanol–water partition coefficient (Wildman–Crippen LogP) is 17.0. The molecule has 0 amide bonds. The van der Waals surface area contributed by atoms with Crippen molar-refractivity contribution < 1.29 is 4.42 Å². The number of hydrogen-bond acceptors (Lipinski definition) is 3. The molecule has 0 bridgehead atoms. The molecular weight excluding hydrogens is 773 g/mol. The Morgan fingerprint density at radius 3 is 1.92 bits per heavy atom. The fraction of sp³-hybridized carbons (Fsp3) is 0. The van der Waals surface area contributed by atoms with E-state index in [0.717, 1.165) is 61.2 Å². The summed E-state index contributed by atoms with van der Waals surface area (Å²) in [6.07, 6.45) is 0. The summed E-state index contributed by atoms with van der Waals surface area (Å²) < 4.78 is 11.7. The van der Waals surface area contributed by atoms with Gasteiger partial charge in [-0.05, 0) is 94.4 Å². The van der Waals surface area contributed by atoms with Gasteiger partial charge in [0.15, 0.2) is 0 Å². The molecule has 0 saturated heterocycles. The van der Waals surface area contributed by atoms with Crippen LogP contribution in [0.5, 0.6) is 0 Å². The van der Waals surface area contributed by atoms with E-state index in [4.69, 9.17) is 4.42 Å². The molecule has 0 N–H and O–H groups in total. The molecule has 0 aliphatic carbocycles. The van der Waals surface area contributed by atoms with Crippen LogP contribution in [0.2, 0.25) is 0 Å². The van der Waals surface area contributed by atoms with E-state index in [2.05, 4.69) is 228 Å². The fourth-order valence-electron chi connectivity index (χ4n) is 9.82. The van der Waals surface area contributed by atoms with Gasteiger partial charge in [0, 0.05) is 58.5 Å². The van der Waals surface area contributed by atoms with Gasteiger partial charge in [-0.1, -0.05) is 152 Å². The molecule has 290 valence electrons. The number of aromatic nitrogens is 1. The third-order valence-electron chi connectivity index (χ3n) is 12.6. The van der Waals surface area contributed by atoms with Crippen LogP contribution in [0.25, 0.3) is 103 Å². The van der Waals surface area contributed by atoms with Gasteiger partial charge in [-0.25, -0.2) is 0 Å². The Labute approximate surface area is 361 Å². The van der Waals surface area contributed by atoms with E-state index < -0.39 is 0 Å². The van der Waals surface area contributed by atoms with Crippen LogP contribution in [-0.2, 0) is 0 Å². The molecule has 0 unspecified atom stereocenters. The highest BCUT2D eigenvalue weighted by Gasteiger charge is 2.22. The summed E-state index contributed by atoms with van der Waals surface area (Å²) in [6.45, 7) is 0. The number of rotatable bonds is 6. The van der Waals surface area contributed by atoms with Crippen LogP contribution in [-0.4, -0.2) is 4.57 Å². The van der Waals surface area contributed by atoms with Crippen LogP contribution in [0, 0.1) is 0 Å². The zero-order chi connectivity index (χ0) is 40.7. The molecule has 10 aromatic carbocycles. The normalized spacial score (nSPS) is 11.9. The lowest BCUT2D eigenvalue weighted by Gasteiger charge is -2.29. The Morgan fingerprint density at radius 1 is 0.419 bits per heavy atom. The van der Waals surface area contributed by atoms with Gasteiger partial charge in [0.25, 0.3) is 0 Å². The van der Waals surface area contributed by atoms with E-state index in [1.165, 1.54) is 58.5 Å². The van der Waals surface area contributed by atoms with Gasteiger partial charge in [-0.2, -0.15) is 0 Å². The second kappa shape index (κ2) is 13.8. The Bertz CT molecular complexity index is 3830. The number of anilines is 3. The Balaban J connectivity index is 1.02. The highest BCUT2D eigenvalue weighted by molar-refractivity contribution is 7.26. The van der Waals surface area contributed by atoms with E-state index in [1.54, 1.807) is 0 Å². The molecule has 0 atom stereocenters. The van der Waals surface area contributed by atoms with E-state index in [-0.39, 0.29) is 0 Å². The number of fused-ring (bicyclic) bond motifs is 11. The highest BCUT2D eigenvalue weighted by Crippen LogP contribution is 2.46. The van der Waals surface area contributed by atoms with Crippen molar-refractivity contribution in [3.8, 4) is 27.9 Å². The van der Waals surface area contributed by atoms with Gasteiger partial charge in [0.05, 0.1) is 22.4 Å². The lowest BCUT2D eigenvalue weighted by molar-refractivity contribution is 0.673. The first-order chi connectivity index (χ1) is 30.8. The molecule has 0 radical (unpaired) electrons. The van der Waals surface area contributed by atoms with Gasteiger partial charge in [-0.15, -0.1) is 11.3 Å². The van der Waals surface area contributed by atoms with Crippen LogP contribution >= 0.6 is 11.3 Å². The molecule has 0 saturated carbocycles. The SMILES string of the molecule is c1cc(-c2cccc3oc4c5ccccc5ccc4c23)cc(N(c2ccc(-c3cccc4c3sc3ccccc34)cc2)c2ccccc2-n2c3ccccc3c3ccccc32)c1. The Morgan fingerprint density at radius 2 is 1.08 bits per heavy atom. The fourth-order valence-corrected chi connectivity index (χ4v) is 11.1. The van der Waals surface area contributed by atoms with Crippen molar-refractivity contribution in [3.63, 3.8) is 0 Å². The van der Waals surface area contributed by atoms with Crippen molar-refractivity contribution in [1.29, 1.82) is 0 Å². The van der Waals surface area contributed by atoms with Gasteiger partial charge in [-0.3, -0.25) is 0 Å². The van der Waals surface area contributed by atoms with Crippen molar-refractivity contribution in [3.05, 3.63) is 218 Å². The third kappa shape index (κ3) is 5.30. The molecule has 0 fully saturated rings. The molecule has 0 aliphatic rings. The summed E-state index contributed by atoms with van der Waals surface area (Å²) in [4.78, 5) is 2.42. The number of para-hydroxylation sites is 4. The molecule has 13 aromatic rings. The van der Waals surface area contributed by atoms with Gasteiger partial charge in [0.1, 0.15) is 11.2 Å². The number of benzene rings is 10. The molecular formula is C58H36N2OS. The maximum Gasteiger partial charge on any atom is 0.143 e. The maximum atomic E-state index is 6.65. The zero-order valence-corrected chi connectivity index (χ0v) is 34.3. The number of nitrogens with zero attached hydrogens (tertiary/aromatic N) is 2. The lowest BCUT2D eigenvalue weighted by Crippen LogP contribution is -2.13. The smallest absolute Gasteiger partial charge is 0.143 e. The largest absolute Gasteiger partial charge is 0.455 e. The molecule has 0 aliphatic heterocycles. The van der Waals surface area contributed by atoms with E-state index >= 15 is 0 Å². The summed E-state index contributed by atoms with van der Waals surface area (Å²) in [5.74, 6) is 0. The van der Waals surface area contributed by atoms with E-state index in [9.17, 15) is 0 Å². The number of hydrogen-bond donors (Lipinski definition) is 0. The number of thiophene rings is 1. The average Bonchev–Trinajstić information content (AvgIpc) is 4.02. The van der Waals surface area contributed by atoms with Crippen LogP contribution in [0.15, 0.2) is 223 Å². The molecule has 62 heavy (non-hydrogen) atoms. The minimum absolute atomic E-state index is 0.886. The molecule has 0 spiro atoms. The summed E-state index contributed by atoms with van der Waals surface area (Å²) in [5, 5.41) is 9.64. The molecule has 4 heteroatoms.